The van der Waals surface area contributed by atoms with Gasteiger partial charge in [-0.3, -0.25) is 9.78 Å². The third-order valence-electron chi connectivity index (χ3n) is 5.96. The Morgan fingerprint density at radius 2 is 2.03 bits per heavy atom. The molecule has 1 aromatic heterocycles. The molecule has 0 amide bonds. The van der Waals surface area contributed by atoms with Gasteiger partial charge >= 0.3 is 0 Å². The molecule has 0 saturated heterocycles. The zero-order chi connectivity index (χ0) is 23.2. The largest absolute Gasteiger partial charge is 0.493 e. The van der Waals surface area contributed by atoms with Gasteiger partial charge in [-0.15, -0.1) is 6.42 Å². The third kappa shape index (κ3) is 6.49. The van der Waals surface area contributed by atoms with Crippen molar-refractivity contribution in [3.63, 3.8) is 0 Å². The fraction of sp³-hybridized carbons (Fsp3) is 0.333. The average molecular weight is 474 g/mol. The first kappa shape index (κ1) is 27.6. The quantitative estimate of drug-likeness (QED) is 0.433. The van der Waals surface area contributed by atoms with E-state index in [0.29, 0.717) is 29.9 Å². The van der Waals surface area contributed by atoms with Crippen molar-refractivity contribution in [2.45, 2.75) is 53.1 Å². The Morgan fingerprint density at radius 3 is 2.77 bits per heavy atom. The minimum absolute atomic E-state index is 0. The van der Waals surface area contributed by atoms with Gasteiger partial charge in [0.05, 0.1) is 12.8 Å². The van der Waals surface area contributed by atoms with Gasteiger partial charge in [-0.2, -0.15) is 0 Å². The summed E-state index contributed by atoms with van der Waals surface area (Å²) >= 11 is 0. The van der Waals surface area contributed by atoms with E-state index in [-0.39, 0.29) is 26.7 Å². The molecule has 0 radical (unpaired) electrons. The molecular formula is C30H35NO4. The summed E-state index contributed by atoms with van der Waals surface area (Å²) in [6.45, 7) is -0.478. The molecular weight excluding hydrogens is 438 g/mol. The molecule has 0 bridgehead atoms. The van der Waals surface area contributed by atoms with Crippen LogP contribution in [0.5, 0.6) is 11.5 Å². The maximum absolute atomic E-state index is 12.1. The van der Waals surface area contributed by atoms with Crippen LogP contribution in [0.1, 0.15) is 57.4 Å². The average Bonchev–Trinajstić information content (AvgIpc) is 3.09. The molecule has 0 spiro atoms. The molecule has 5 heteroatoms. The van der Waals surface area contributed by atoms with Crippen LogP contribution in [0.2, 0.25) is 0 Å². The monoisotopic (exact) mass is 473 g/mol. The molecule has 0 fully saturated rings. The fourth-order valence-corrected chi connectivity index (χ4v) is 4.26. The zero-order valence-electron chi connectivity index (χ0n) is 18.7. The summed E-state index contributed by atoms with van der Waals surface area (Å²) in [5.74, 6) is 3.70. The number of hydrogen-bond acceptors (Lipinski definition) is 5. The number of fused-ring (bicyclic) bond motifs is 1. The highest BCUT2D eigenvalue weighted by molar-refractivity contribution is 5.96. The van der Waals surface area contributed by atoms with Gasteiger partial charge in [-0.05, 0) is 66.1 Å². The van der Waals surface area contributed by atoms with E-state index in [4.69, 9.17) is 15.9 Å². The maximum Gasteiger partial charge on any atom is 0.183 e. The summed E-state index contributed by atoms with van der Waals surface area (Å²) in [5.41, 5.74) is 3.49. The van der Waals surface area contributed by atoms with E-state index in [1.165, 1.54) is 0 Å². The fourth-order valence-electron chi connectivity index (χ4n) is 4.26. The number of carbonyl (C=O) groups is 1. The molecule has 1 aliphatic carbocycles. The van der Waals surface area contributed by atoms with E-state index in [1.54, 1.807) is 13.3 Å². The number of ether oxygens (including phenoxy) is 2. The van der Waals surface area contributed by atoms with Crippen molar-refractivity contribution in [1.29, 1.82) is 0 Å². The Balaban J connectivity index is 0.00000216. The molecule has 184 valence electrons. The first-order valence-electron chi connectivity index (χ1n) is 11.1. The number of aliphatic hydroxyl groups is 1. The standard InChI is InChI=1S/C28H27NO4.2CH4/c1-3-19-7-6-8-20(13-19)14-25-24-17-28(27(32-2)16-21(24)11-12-29-25)33-23-10-5-4-9-22(15-23)26(31)18-30;;/h1,6-9,11-13,16-17,23,30H,4-5,10,14-15,18H2,2H3;2*1H4. The second-order valence-electron chi connectivity index (χ2n) is 8.19. The number of pyridine rings is 1. The Kier molecular flexibility index (Phi) is 10.1. The van der Waals surface area contributed by atoms with E-state index in [9.17, 15) is 9.90 Å². The molecule has 5 nitrogen and oxygen atoms in total. The minimum Gasteiger partial charge on any atom is -0.493 e. The number of Topliss-reactive ketones (excluding diaryl/α,β-unsaturated/α-hetero) is 1. The lowest BCUT2D eigenvalue weighted by molar-refractivity contribution is -0.118. The Hall–Kier alpha value is -3.62. The summed E-state index contributed by atoms with van der Waals surface area (Å²) in [6.07, 6.45) is 12.8. The van der Waals surface area contributed by atoms with Gasteiger partial charge in [-0.1, -0.05) is 39.0 Å². The molecule has 1 atom stereocenters. The second kappa shape index (κ2) is 12.7. The lowest BCUT2D eigenvalue weighted by Crippen LogP contribution is -2.20. The summed E-state index contributed by atoms with van der Waals surface area (Å²) in [5, 5.41) is 11.3. The van der Waals surface area contributed by atoms with E-state index in [2.05, 4.69) is 10.9 Å². The number of methoxy groups -OCH3 is 1. The SMILES string of the molecule is C.C.C#Cc1cccc(Cc2nccc3cc(OC)c(OC4CCCC=C(C(=O)CO)C4)cc23)c1. The van der Waals surface area contributed by atoms with Crippen LogP contribution in [0.25, 0.3) is 10.8 Å². The number of benzene rings is 2. The van der Waals surface area contributed by atoms with E-state index >= 15 is 0 Å². The van der Waals surface area contributed by atoms with Gasteiger partial charge < -0.3 is 14.6 Å². The normalized spacial score (nSPS) is 15.0. The molecule has 2 aromatic carbocycles. The summed E-state index contributed by atoms with van der Waals surface area (Å²) < 4.78 is 12.0. The number of allylic oxidation sites excluding steroid dienone is 1. The summed E-state index contributed by atoms with van der Waals surface area (Å²) in [4.78, 5) is 16.7. The third-order valence-corrected chi connectivity index (χ3v) is 5.96. The summed E-state index contributed by atoms with van der Waals surface area (Å²) in [7, 11) is 1.62. The lowest BCUT2D eigenvalue weighted by atomic mass is 10.0. The molecule has 0 aliphatic heterocycles. The van der Waals surface area contributed by atoms with Crippen molar-refractivity contribution in [2.24, 2.45) is 0 Å². The number of carbonyl (C=O) groups excluding carboxylic acids is 1. The van der Waals surface area contributed by atoms with Gasteiger partial charge in [-0.25, -0.2) is 0 Å². The van der Waals surface area contributed by atoms with E-state index in [1.807, 2.05) is 48.5 Å². The second-order valence-corrected chi connectivity index (χ2v) is 8.19. The Bertz CT molecular complexity index is 1240. The molecule has 1 aliphatic rings. The van der Waals surface area contributed by atoms with Crippen LogP contribution in [-0.4, -0.2) is 35.7 Å². The van der Waals surface area contributed by atoms with Crippen molar-refractivity contribution in [3.05, 3.63) is 77.1 Å². The Morgan fingerprint density at radius 1 is 1.20 bits per heavy atom. The van der Waals surface area contributed by atoms with Crippen LogP contribution in [0, 0.1) is 12.3 Å². The molecule has 1 N–H and O–H groups in total. The molecule has 3 aromatic rings. The number of rotatable bonds is 7. The molecule has 1 unspecified atom stereocenters. The highest BCUT2D eigenvalue weighted by atomic mass is 16.5. The van der Waals surface area contributed by atoms with Crippen LogP contribution in [0.15, 0.2) is 60.3 Å². The minimum atomic E-state index is -0.478. The van der Waals surface area contributed by atoms with Crippen molar-refractivity contribution < 1.29 is 19.4 Å². The van der Waals surface area contributed by atoms with E-state index in [0.717, 1.165) is 46.9 Å². The lowest BCUT2D eigenvalue weighted by Gasteiger charge is -2.21. The van der Waals surface area contributed by atoms with Crippen LogP contribution in [0.4, 0.5) is 0 Å². The highest BCUT2D eigenvalue weighted by Crippen LogP contribution is 2.36. The first-order valence-corrected chi connectivity index (χ1v) is 11.1. The van der Waals surface area contributed by atoms with Gasteiger partial charge in [0.1, 0.15) is 12.7 Å². The van der Waals surface area contributed by atoms with Gasteiger partial charge in [0.15, 0.2) is 17.3 Å². The van der Waals surface area contributed by atoms with Crippen molar-refractivity contribution in [3.8, 4) is 23.8 Å². The summed E-state index contributed by atoms with van der Waals surface area (Å²) in [6, 6.07) is 13.8. The number of aromatic nitrogens is 1. The van der Waals surface area contributed by atoms with E-state index < -0.39 is 6.61 Å². The highest BCUT2D eigenvalue weighted by Gasteiger charge is 2.22. The van der Waals surface area contributed by atoms with Crippen LogP contribution in [-0.2, 0) is 11.2 Å². The maximum atomic E-state index is 12.1. The smallest absolute Gasteiger partial charge is 0.183 e. The number of terminal acetylenes is 1. The van der Waals surface area contributed by atoms with Gasteiger partial charge in [0, 0.05) is 30.0 Å². The Labute approximate surface area is 208 Å². The van der Waals surface area contributed by atoms with Gasteiger partial charge in [0.2, 0.25) is 0 Å². The van der Waals surface area contributed by atoms with Crippen LogP contribution >= 0.6 is 0 Å². The van der Waals surface area contributed by atoms with Crippen LogP contribution < -0.4 is 9.47 Å². The topological polar surface area (TPSA) is 68.7 Å². The number of aliphatic hydroxyl groups excluding tert-OH is 1. The van der Waals surface area contributed by atoms with Crippen molar-refractivity contribution in [1.82, 2.24) is 4.98 Å². The first-order chi connectivity index (χ1) is 16.1. The molecule has 1 heterocycles. The number of nitrogens with zero attached hydrogens (tertiary/aromatic N) is 1. The molecule has 0 saturated carbocycles. The predicted molar refractivity (Wildman–Crippen MR) is 142 cm³/mol. The van der Waals surface area contributed by atoms with Crippen molar-refractivity contribution in [2.75, 3.05) is 13.7 Å². The van der Waals surface area contributed by atoms with Crippen LogP contribution in [0.3, 0.4) is 0 Å². The number of ketones is 1. The predicted octanol–water partition coefficient (Wildman–Crippen LogP) is 5.90. The molecule has 4 rings (SSSR count). The van der Waals surface area contributed by atoms with Crippen molar-refractivity contribution >= 4 is 16.6 Å². The zero-order valence-corrected chi connectivity index (χ0v) is 18.7. The molecule has 35 heavy (non-hydrogen) atoms. The van der Waals surface area contributed by atoms with Gasteiger partial charge in [0.25, 0.3) is 0 Å². The number of hydrogen-bond donors (Lipinski definition) is 1.